The second kappa shape index (κ2) is 7.97. The molecule has 1 aromatic carbocycles. The first-order valence-corrected chi connectivity index (χ1v) is 10.8. The molecule has 1 atom stereocenters. The van der Waals surface area contributed by atoms with Gasteiger partial charge in [0.2, 0.25) is 5.91 Å². The van der Waals surface area contributed by atoms with E-state index < -0.39 is 9.84 Å². The SMILES string of the molecule is O=C(CSc1ncccn1)N(Cc1ccccc1)[C@H]1CCS(=O)(=O)C1. The van der Waals surface area contributed by atoms with Crippen LogP contribution in [0.5, 0.6) is 0 Å². The Balaban J connectivity index is 1.72. The van der Waals surface area contributed by atoms with Crippen LogP contribution in [0.4, 0.5) is 0 Å². The fraction of sp³-hybridized carbons (Fsp3) is 0.353. The van der Waals surface area contributed by atoms with Crippen LogP contribution in [0.15, 0.2) is 53.9 Å². The number of carbonyl (C=O) groups is 1. The topological polar surface area (TPSA) is 80.2 Å². The molecule has 2 aromatic rings. The second-order valence-electron chi connectivity index (χ2n) is 5.88. The summed E-state index contributed by atoms with van der Waals surface area (Å²) < 4.78 is 23.7. The predicted octanol–water partition coefficient (Wildman–Crippen LogP) is 1.78. The highest BCUT2D eigenvalue weighted by Gasteiger charge is 2.34. The number of hydrogen-bond acceptors (Lipinski definition) is 6. The molecule has 3 rings (SSSR count). The number of carbonyl (C=O) groups excluding carboxylic acids is 1. The Morgan fingerprint density at radius 2 is 1.88 bits per heavy atom. The summed E-state index contributed by atoms with van der Waals surface area (Å²) >= 11 is 1.26. The van der Waals surface area contributed by atoms with Crippen molar-refractivity contribution in [3.63, 3.8) is 0 Å². The quantitative estimate of drug-likeness (QED) is 0.564. The number of rotatable bonds is 6. The third-order valence-corrected chi connectivity index (χ3v) is 6.64. The number of benzene rings is 1. The van der Waals surface area contributed by atoms with E-state index in [1.54, 1.807) is 23.4 Å². The number of hydrogen-bond donors (Lipinski definition) is 0. The van der Waals surface area contributed by atoms with E-state index in [0.29, 0.717) is 18.1 Å². The van der Waals surface area contributed by atoms with Crippen LogP contribution in [-0.2, 0) is 21.2 Å². The largest absolute Gasteiger partial charge is 0.334 e. The molecular weight excluding hydrogens is 358 g/mol. The van der Waals surface area contributed by atoms with Crippen molar-refractivity contribution in [3.8, 4) is 0 Å². The summed E-state index contributed by atoms with van der Waals surface area (Å²) in [6.45, 7) is 0.413. The molecule has 0 saturated carbocycles. The highest BCUT2D eigenvalue weighted by Crippen LogP contribution is 2.22. The third-order valence-electron chi connectivity index (χ3n) is 4.03. The van der Waals surface area contributed by atoms with Gasteiger partial charge in [0, 0.05) is 25.0 Å². The summed E-state index contributed by atoms with van der Waals surface area (Å²) in [5.74, 6) is 0.278. The van der Waals surface area contributed by atoms with Gasteiger partial charge in [-0.2, -0.15) is 0 Å². The van der Waals surface area contributed by atoms with Gasteiger partial charge in [0.25, 0.3) is 0 Å². The molecule has 0 spiro atoms. The van der Waals surface area contributed by atoms with Gasteiger partial charge < -0.3 is 4.90 Å². The van der Waals surface area contributed by atoms with Crippen LogP contribution in [0, 0.1) is 0 Å². The maximum atomic E-state index is 12.8. The van der Waals surface area contributed by atoms with Crippen molar-refractivity contribution in [2.75, 3.05) is 17.3 Å². The summed E-state index contributed by atoms with van der Waals surface area (Å²) in [6, 6.07) is 11.1. The maximum Gasteiger partial charge on any atom is 0.233 e. The molecule has 1 aliphatic heterocycles. The molecule has 132 valence electrons. The van der Waals surface area contributed by atoms with E-state index in [0.717, 1.165) is 5.56 Å². The average molecular weight is 377 g/mol. The van der Waals surface area contributed by atoms with Crippen LogP contribution in [0.1, 0.15) is 12.0 Å². The normalized spacial score (nSPS) is 18.8. The molecule has 8 heteroatoms. The summed E-state index contributed by atoms with van der Waals surface area (Å²) in [4.78, 5) is 22.7. The molecule has 25 heavy (non-hydrogen) atoms. The average Bonchev–Trinajstić information content (AvgIpc) is 2.99. The van der Waals surface area contributed by atoms with Crippen LogP contribution in [0.3, 0.4) is 0 Å². The van der Waals surface area contributed by atoms with Crippen LogP contribution >= 0.6 is 11.8 Å². The van der Waals surface area contributed by atoms with Gasteiger partial charge in [-0.05, 0) is 18.1 Å². The molecule has 0 bridgehead atoms. The lowest BCUT2D eigenvalue weighted by Crippen LogP contribution is -2.41. The Hall–Kier alpha value is -1.93. The monoisotopic (exact) mass is 377 g/mol. The first-order valence-electron chi connectivity index (χ1n) is 7.97. The summed E-state index contributed by atoms with van der Waals surface area (Å²) in [6.07, 6.45) is 3.75. The fourth-order valence-electron chi connectivity index (χ4n) is 2.79. The lowest BCUT2D eigenvalue weighted by atomic mass is 10.1. The Morgan fingerprint density at radius 1 is 1.16 bits per heavy atom. The van der Waals surface area contributed by atoms with Gasteiger partial charge in [-0.1, -0.05) is 42.1 Å². The van der Waals surface area contributed by atoms with Gasteiger partial charge >= 0.3 is 0 Å². The van der Waals surface area contributed by atoms with Gasteiger partial charge in [-0.25, -0.2) is 18.4 Å². The number of thioether (sulfide) groups is 1. The number of sulfone groups is 1. The Morgan fingerprint density at radius 3 is 2.52 bits per heavy atom. The zero-order valence-electron chi connectivity index (χ0n) is 13.6. The van der Waals surface area contributed by atoms with E-state index in [4.69, 9.17) is 0 Å². The highest BCUT2D eigenvalue weighted by molar-refractivity contribution is 7.99. The first kappa shape index (κ1) is 17.9. The minimum atomic E-state index is -3.06. The van der Waals surface area contributed by atoms with Crippen LogP contribution in [-0.4, -0.2) is 52.5 Å². The lowest BCUT2D eigenvalue weighted by molar-refractivity contribution is -0.130. The van der Waals surface area contributed by atoms with E-state index >= 15 is 0 Å². The third kappa shape index (κ3) is 5.02. The Bertz CT molecular complexity index is 814. The van der Waals surface area contributed by atoms with Gasteiger partial charge in [-0.3, -0.25) is 4.79 Å². The minimum absolute atomic E-state index is 0.0398. The smallest absolute Gasteiger partial charge is 0.233 e. The van der Waals surface area contributed by atoms with E-state index in [1.807, 2.05) is 30.3 Å². The van der Waals surface area contributed by atoms with Crippen LogP contribution in [0.25, 0.3) is 0 Å². The van der Waals surface area contributed by atoms with Crippen molar-refractivity contribution < 1.29 is 13.2 Å². The zero-order chi connectivity index (χ0) is 17.7. The first-order chi connectivity index (χ1) is 12.0. The Kier molecular flexibility index (Phi) is 5.70. The van der Waals surface area contributed by atoms with Crippen LogP contribution in [0.2, 0.25) is 0 Å². The van der Waals surface area contributed by atoms with Gasteiger partial charge in [-0.15, -0.1) is 0 Å². The van der Waals surface area contributed by atoms with Crippen LogP contribution < -0.4 is 0 Å². The fourth-order valence-corrected chi connectivity index (χ4v) is 5.21. The molecule has 0 N–H and O–H groups in total. The molecule has 1 saturated heterocycles. The molecule has 6 nitrogen and oxygen atoms in total. The lowest BCUT2D eigenvalue weighted by Gasteiger charge is -2.28. The molecule has 1 aromatic heterocycles. The van der Waals surface area contributed by atoms with Gasteiger partial charge in [0.05, 0.1) is 17.3 Å². The molecule has 1 aliphatic rings. The standard InChI is InChI=1S/C17H19N3O3S2/c21-16(12-24-17-18-8-4-9-19-17)20(11-14-5-2-1-3-6-14)15-7-10-25(22,23)13-15/h1-6,8-9,15H,7,10-13H2/t15-/m0/s1. The Labute approximate surface area is 151 Å². The van der Waals surface area contributed by atoms with E-state index in [1.165, 1.54) is 11.8 Å². The van der Waals surface area contributed by atoms with Crippen molar-refractivity contribution in [2.24, 2.45) is 0 Å². The molecule has 2 heterocycles. The summed E-state index contributed by atoms with van der Waals surface area (Å²) in [5, 5.41) is 0.537. The van der Waals surface area contributed by atoms with Gasteiger partial charge in [0.15, 0.2) is 15.0 Å². The molecular formula is C17H19N3O3S2. The van der Waals surface area contributed by atoms with Gasteiger partial charge in [0.1, 0.15) is 0 Å². The predicted molar refractivity (Wildman–Crippen MR) is 96.8 cm³/mol. The van der Waals surface area contributed by atoms with Crippen molar-refractivity contribution in [1.29, 1.82) is 0 Å². The number of nitrogens with zero attached hydrogens (tertiary/aromatic N) is 3. The molecule has 0 unspecified atom stereocenters. The highest BCUT2D eigenvalue weighted by atomic mass is 32.2. The van der Waals surface area contributed by atoms with Crippen molar-refractivity contribution >= 4 is 27.5 Å². The molecule has 1 amide bonds. The van der Waals surface area contributed by atoms with Crippen molar-refractivity contribution in [2.45, 2.75) is 24.2 Å². The van der Waals surface area contributed by atoms with Crippen molar-refractivity contribution in [3.05, 3.63) is 54.4 Å². The number of amides is 1. The molecule has 0 radical (unpaired) electrons. The van der Waals surface area contributed by atoms with Crippen molar-refractivity contribution in [1.82, 2.24) is 14.9 Å². The molecule has 0 aliphatic carbocycles. The van der Waals surface area contributed by atoms with E-state index in [2.05, 4.69) is 9.97 Å². The summed E-state index contributed by atoms with van der Waals surface area (Å²) in [7, 11) is -3.06. The summed E-state index contributed by atoms with van der Waals surface area (Å²) in [5.41, 5.74) is 0.987. The van der Waals surface area contributed by atoms with E-state index in [-0.39, 0.29) is 29.2 Å². The van der Waals surface area contributed by atoms with E-state index in [9.17, 15) is 13.2 Å². The number of aromatic nitrogens is 2. The second-order valence-corrected chi connectivity index (χ2v) is 9.06. The molecule has 1 fully saturated rings. The zero-order valence-corrected chi connectivity index (χ0v) is 15.2. The maximum absolute atomic E-state index is 12.8. The minimum Gasteiger partial charge on any atom is -0.334 e.